The monoisotopic (exact) mass is 462 g/mol. The third kappa shape index (κ3) is 5.33. The zero-order valence-electron chi connectivity index (χ0n) is 17.4. The molecular weight excluding hydrogens is 444 g/mol. The standard InChI is InChI=1S/C22H18N6O4S/c1-15-24-26-22(27(15)17-5-3-2-4-6-17)33-14-21(29)25-23-13-19-11-12-20(32-19)16-7-9-18(10-8-16)28(30)31/h2-13H,14H2,1H3,(H,25,29)/b23-13+. The van der Waals surface area contributed by atoms with E-state index in [2.05, 4.69) is 20.7 Å². The molecule has 0 saturated heterocycles. The van der Waals surface area contributed by atoms with E-state index in [0.29, 0.717) is 22.2 Å². The van der Waals surface area contributed by atoms with Crippen LogP contribution < -0.4 is 5.43 Å². The van der Waals surface area contributed by atoms with Crippen LogP contribution in [0, 0.1) is 17.0 Å². The number of para-hydroxylation sites is 1. The molecule has 0 radical (unpaired) electrons. The van der Waals surface area contributed by atoms with Gasteiger partial charge in [0, 0.05) is 23.4 Å². The SMILES string of the molecule is Cc1nnc(SCC(=O)N/N=C/c2ccc(-c3ccc([N+](=O)[O-])cc3)o2)n1-c1ccccc1. The molecule has 2 heterocycles. The van der Waals surface area contributed by atoms with E-state index >= 15 is 0 Å². The van der Waals surface area contributed by atoms with E-state index in [4.69, 9.17) is 4.42 Å². The van der Waals surface area contributed by atoms with Gasteiger partial charge in [-0.2, -0.15) is 5.10 Å². The fourth-order valence-corrected chi connectivity index (χ4v) is 3.76. The predicted octanol–water partition coefficient (Wildman–Crippen LogP) is 3.99. The molecule has 4 aromatic rings. The molecule has 33 heavy (non-hydrogen) atoms. The van der Waals surface area contributed by atoms with Crippen LogP contribution in [0.3, 0.4) is 0 Å². The minimum Gasteiger partial charge on any atom is -0.455 e. The largest absolute Gasteiger partial charge is 0.455 e. The van der Waals surface area contributed by atoms with Crippen molar-refractivity contribution in [3.8, 4) is 17.0 Å². The predicted molar refractivity (Wildman–Crippen MR) is 123 cm³/mol. The van der Waals surface area contributed by atoms with E-state index in [-0.39, 0.29) is 17.3 Å². The number of rotatable bonds is 8. The second-order valence-electron chi connectivity index (χ2n) is 6.79. The number of benzene rings is 2. The summed E-state index contributed by atoms with van der Waals surface area (Å²) in [5.41, 5.74) is 4.07. The smallest absolute Gasteiger partial charge is 0.269 e. The van der Waals surface area contributed by atoms with Gasteiger partial charge in [0.15, 0.2) is 5.16 Å². The number of amides is 1. The number of nitrogens with one attached hydrogen (secondary N) is 1. The van der Waals surface area contributed by atoms with Crippen LogP contribution >= 0.6 is 11.8 Å². The van der Waals surface area contributed by atoms with E-state index in [1.165, 1.54) is 30.1 Å². The third-order valence-corrected chi connectivity index (χ3v) is 5.44. The molecule has 2 aromatic carbocycles. The second-order valence-corrected chi connectivity index (χ2v) is 7.73. The van der Waals surface area contributed by atoms with Gasteiger partial charge in [-0.3, -0.25) is 19.5 Å². The van der Waals surface area contributed by atoms with Crippen LogP contribution in [-0.4, -0.2) is 37.6 Å². The minimum atomic E-state index is -0.461. The number of non-ortho nitro benzene ring substituents is 1. The molecule has 2 aromatic heterocycles. The van der Waals surface area contributed by atoms with E-state index in [1.807, 2.05) is 41.8 Å². The summed E-state index contributed by atoms with van der Waals surface area (Å²) in [6.45, 7) is 1.85. The molecular formula is C22H18N6O4S. The van der Waals surface area contributed by atoms with E-state index in [1.54, 1.807) is 24.3 Å². The van der Waals surface area contributed by atoms with Crippen molar-refractivity contribution in [3.63, 3.8) is 0 Å². The highest BCUT2D eigenvalue weighted by Crippen LogP contribution is 2.24. The minimum absolute atomic E-state index is 0.00449. The van der Waals surface area contributed by atoms with Gasteiger partial charge in [0.2, 0.25) is 0 Å². The Hall–Kier alpha value is -4.25. The molecule has 0 spiro atoms. The van der Waals surface area contributed by atoms with Crippen LogP contribution in [0.4, 0.5) is 5.69 Å². The summed E-state index contributed by atoms with van der Waals surface area (Å²) < 4.78 is 7.53. The number of hydrazone groups is 1. The van der Waals surface area contributed by atoms with Crippen molar-refractivity contribution in [2.24, 2.45) is 5.10 Å². The number of carbonyl (C=O) groups is 1. The van der Waals surface area contributed by atoms with Crippen LogP contribution in [0.25, 0.3) is 17.0 Å². The highest BCUT2D eigenvalue weighted by molar-refractivity contribution is 7.99. The molecule has 0 aliphatic rings. The van der Waals surface area contributed by atoms with Crippen molar-refractivity contribution in [2.45, 2.75) is 12.1 Å². The van der Waals surface area contributed by atoms with Gasteiger partial charge in [0.05, 0.1) is 16.9 Å². The van der Waals surface area contributed by atoms with Crippen LogP contribution in [-0.2, 0) is 4.79 Å². The number of nitro benzene ring substituents is 1. The maximum absolute atomic E-state index is 12.2. The zero-order chi connectivity index (χ0) is 23.2. The maximum Gasteiger partial charge on any atom is 0.269 e. The molecule has 4 rings (SSSR count). The summed E-state index contributed by atoms with van der Waals surface area (Å²) in [6.07, 6.45) is 1.38. The lowest BCUT2D eigenvalue weighted by Gasteiger charge is -2.07. The molecule has 0 aliphatic carbocycles. The number of nitrogens with zero attached hydrogens (tertiary/aromatic N) is 5. The van der Waals surface area contributed by atoms with Gasteiger partial charge in [-0.05, 0) is 43.3 Å². The summed E-state index contributed by atoms with van der Waals surface area (Å²) in [6, 6.07) is 19.1. The number of furan rings is 1. The van der Waals surface area contributed by atoms with Crippen molar-refractivity contribution in [1.82, 2.24) is 20.2 Å². The van der Waals surface area contributed by atoms with Gasteiger partial charge >= 0.3 is 0 Å². The summed E-state index contributed by atoms with van der Waals surface area (Å²) in [7, 11) is 0. The highest BCUT2D eigenvalue weighted by Gasteiger charge is 2.13. The number of carbonyl (C=O) groups excluding carboxylic acids is 1. The first-order valence-electron chi connectivity index (χ1n) is 9.78. The van der Waals surface area contributed by atoms with Crippen molar-refractivity contribution in [3.05, 3.63) is 88.4 Å². The summed E-state index contributed by atoms with van der Waals surface area (Å²) in [5, 5.41) is 23.5. The number of hydrogen-bond acceptors (Lipinski definition) is 8. The summed E-state index contributed by atoms with van der Waals surface area (Å²) in [5.74, 6) is 1.48. The van der Waals surface area contributed by atoms with Crippen molar-refractivity contribution >= 4 is 29.6 Å². The topological polar surface area (TPSA) is 128 Å². The average Bonchev–Trinajstić information content (AvgIpc) is 3.45. The molecule has 0 unspecified atom stereocenters. The van der Waals surface area contributed by atoms with Gasteiger partial charge < -0.3 is 4.42 Å². The molecule has 166 valence electrons. The fourth-order valence-electron chi connectivity index (χ4n) is 2.97. The van der Waals surface area contributed by atoms with Gasteiger partial charge in [-0.1, -0.05) is 30.0 Å². The molecule has 0 aliphatic heterocycles. The Morgan fingerprint density at radius 2 is 1.91 bits per heavy atom. The quantitative estimate of drug-likeness (QED) is 0.181. The zero-order valence-corrected chi connectivity index (χ0v) is 18.2. The van der Waals surface area contributed by atoms with Crippen molar-refractivity contribution < 1.29 is 14.1 Å². The Labute approximate surface area is 192 Å². The van der Waals surface area contributed by atoms with Crippen LogP contribution in [0.5, 0.6) is 0 Å². The Morgan fingerprint density at radius 1 is 1.15 bits per heavy atom. The third-order valence-electron chi connectivity index (χ3n) is 4.51. The van der Waals surface area contributed by atoms with Crippen molar-refractivity contribution in [1.29, 1.82) is 0 Å². The number of nitro groups is 1. The lowest BCUT2D eigenvalue weighted by Crippen LogP contribution is -2.19. The molecule has 0 bridgehead atoms. The summed E-state index contributed by atoms with van der Waals surface area (Å²) in [4.78, 5) is 22.5. The lowest BCUT2D eigenvalue weighted by atomic mass is 10.1. The molecule has 1 amide bonds. The van der Waals surface area contributed by atoms with Crippen molar-refractivity contribution in [2.75, 3.05) is 5.75 Å². The number of aromatic nitrogens is 3. The lowest BCUT2D eigenvalue weighted by molar-refractivity contribution is -0.384. The Balaban J connectivity index is 1.32. The molecule has 0 saturated carbocycles. The van der Waals surface area contributed by atoms with Gasteiger partial charge in [-0.25, -0.2) is 5.43 Å². The Kier molecular flexibility index (Phi) is 6.60. The normalized spacial score (nSPS) is 11.1. The first-order valence-corrected chi connectivity index (χ1v) is 10.8. The van der Waals surface area contributed by atoms with E-state index in [9.17, 15) is 14.9 Å². The molecule has 0 fully saturated rings. The Morgan fingerprint density at radius 3 is 2.64 bits per heavy atom. The van der Waals surface area contributed by atoms with Gasteiger partial charge in [0.25, 0.3) is 11.6 Å². The highest BCUT2D eigenvalue weighted by atomic mass is 32.2. The number of thioether (sulfide) groups is 1. The van der Waals surface area contributed by atoms with Crippen LogP contribution in [0.1, 0.15) is 11.6 Å². The first kappa shape index (κ1) is 22.0. The Bertz CT molecular complexity index is 1300. The van der Waals surface area contributed by atoms with Gasteiger partial charge in [-0.15, -0.1) is 10.2 Å². The first-order chi connectivity index (χ1) is 16.0. The van der Waals surface area contributed by atoms with Gasteiger partial charge in [0.1, 0.15) is 17.3 Å². The molecule has 11 heteroatoms. The molecule has 0 atom stereocenters. The van der Waals surface area contributed by atoms with E-state index < -0.39 is 4.92 Å². The van der Waals surface area contributed by atoms with E-state index in [0.717, 1.165) is 11.5 Å². The molecule has 1 N–H and O–H groups in total. The average molecular weight is 462 g/mol. The fraction of sp³-hybridized carbons (Fsp3) is 0.0909. The molecule has 10 nitrogen and oxygen atoms in total. The van der Waals surface area contributed by atoms with Crippen LogP contribution in [0.2, 0.25) is 0 Å². The maximum atomic E-state index is 12.2. The second kappa shape index (κ2) is 9.92. The van der Waals surface area contributed by atoms with Crippen LogP contribution in [0.15, 0.2) is 81.4 Å². The number of hydrogen-bond donors (Lipinski definition) is 1. The number of aryl methyl sites for hydroxylation is 1. The summed E-state index contributed by atoms with van der Waals surface area (Å²) >= 11 is 1.25.